The van der Waals surface area contributed by atoms with Crippen molar-refractivity contribution in [1.29, 1.82) is 0 Å². The second-order valence-corrected chi connectivity index (χ2v) is 6.85. The predicted molar refractivity (Wildman–Crippen MR) is 78.2 cm³/mol. The third-order valence-corrected chi connectivity index (χ3v) is 5.58. The van der Waals surface area contributed by atoms with Gasteiger partial charge in [-0.1, -0.05) is 0 Å². The van der Waals surface area contributed by atoms with Gasteiger partial charge in [0, 0.05) is 23.0 Å². The highest BCUT2D eigenvalue weighted by Gasteiger charge is 2.32. The van der Waals surface area contributed by atoms with Crippen LogP contribution < -0.4 is 5.32 Å². The van der Waals surface area contributed by atoms with Crippen molar-refractivity contribution in [3.8, 4) is 0 Å². The summed E-state index contributed by atoms with van der Waals surface area (Å²) in [6, 6.07) is 4.41. The van der Waals surface area contributed by atoms with Gasteiger partial charge in [0.1, 0.15) is 0 Å². The fourth-order valence-corrected chi connectivity index (χ4v) is 4.07. The normalized spacial score (nSPS) is 24.3. The molecular formula is C15H24N2S. The van der Waals surface area contributed by atoms with Crippen LogP contribution in [-0.4, -0.2) is 30.1 Å². The smallest absolute Gasteiger partial charge is 0.0390 e. The van der Waals surface area contributed by atoms with Crippen LogP contribution in [0.15, 0.2) is 11.4 Å². The fourth-order valence-electron chi connectivity index (χ4n) is 3.13. The Kier molecular flexibility index (Phi) is 3.73. The summed E-state index contributed by atoms with van der Waals surface area (Å²) in [6.07, 6.45) is 5.54. The molecule has 1 unspecified atom stereocenters. The van der Waals surface area contributed by atoms with Crippen molar-refractivity contribution in [1.82, 2.24) is 10.2 Å². The Morgan fingerprint density at radius 2 is 2.00 bits per heavy atom. The zero-order valence-electron chi connectivity index (χ0n) is 11.5. The Balaban J connectivity index is 1.50. The first-order valence-corrected chi connectivity index (χ1v) is 8.16. The molecule has 1 aliphatic carbocycles. The molecule has 18 heavy (non-hydrogen) atoms. The molecular weight excluding hydrogens is 240 g/mol. The number of hydrogen-bond donors (Lipinski definition) is 1. The molecule has 1 aromatic heterocycles. The molecule has 1 N–H and O–H groups in total. The minimum Gasteiger partial charge on any atom is -0.307 e. The van der Waals surface area contributed by atoms with Gasteiger partial charge in [-0.2, -0.15) is 0 Å². The summed E-state index contributed by atoms with van der Waals surface area (Å²) in [4.78, 5) is 4.21. The highest BCUT2D eigenvalue weighted by molar-refractivity contribution is 7.10. The molecule has 0 spiro atoms. The summed E-state index contributed by atoms with van der Waals surface area (Å²) >= 11 is 1.89. The number of piperidine rings is 1. The lowest BCUT2D eigenvalue weighted by Gasteiger charge is -2.34. The maximum Gasteiger partial charge on any atom is 0.0390 e. The van der Waals surface area contributed by atoms with E-state index in [9.17, 15) is 0 Å². The maximum absolute atomic E-state index is 3.83. The van der Waals surface area contributed by atoms with E-state index in [4.69, 9.17) is 0 Å². The molecule has 2 aliphatic rings. The van der Waals surface area contributed by atoms with Crippen LogP contribution in [0.4, 0.5) is 0 Å². The van der Waals surface area contributed by atoms with E-state index < -0.39 is 0 Å². The standard InChI is InChI=1S/C15H24N2S/c1-11-7-10-18-15(11)12(2)16-13-5-8-17(9-6-13)14-3-4-14/h7,10,12-14,16H,3-6,8-9H2,1-2H3. The van der Waals surface area contributed by atoms with E-state index in [-0.39, 0.29) is 0 Å². The lowest BCUT2D eigenvalue weighted by Crippen LogP contribution is -2.43. The molecule has 3 heteroatoms. The zero-order valence-corrected chi connectivity index (χ0v) is 12.3. The minimum absolute atomic E-state index is 0.516. The van der Waals surface area contributed by atoms with Gasteiger partial charge < -0.3 is 10.2 Å². The van der Waals surface area contributed by atoms with E-state index in [0.29, 0.717) is 6.04 Å². The monoisotopic (exact) mass is 264 g/mol. The van der Waals surface area contributed by atoms with Gasteiger partial charge in [0.05, 0.1) is 0 Å². The van der Waals surface area contributed by atoms with E-state index in [2.05, 4.69) is 35.5 Å². The molecule has 0 aromatic carbocycles. The summed E-state index contributed by atoms with van der Waals surface area (Å²) in [5, 5.41) is 6.03. The molecule has 2 fully saturated rings. The van der Waals surface area contributed by atoms with Crippen molar-refractivity contribution in [2.24, 2.45) is 0 Å². The summed E-state index contributed by atoms with van der Waals surface area (Å²) in [5.41, 5.74) is 1.44. The quantitative estimate of drug-likeness (QED) is 0.897. The summed E-state index contributed by atoms with van der Waals surface area (Å²) < 4.78 is 0. The van der Waals surface area contributed by atoms with Crippen LogP contribution in [0.1, 0.15) is 49.1 Å². The van der Waals surface area contributed by atoms with E-state index in [1.807, 2.05) is 11.3 Å². The molecule has 1 aliphatic heterocycles. The lowest BCUT2D eigenvalue weighted by atomic mass is 10.0. The average Bonchev–Trinajstić information content (AvgIpc) is 3.12. The first kappa shape index (κ1) is 12.6. The Morgan fingerprint density at radius 1 is 1.28 bits per heavy atom. The minimum atomic E-state index is 0.516. The molecule has 0 radical (unpaired) electrons. The molecule has 1 saturated carbocycles. The molecule has 1 aromatic rings. The SMILES string of the molecule is Cc1ccsc1C(C)NC1CCN(C2CC2)CC1. The number of aryl methyl sites for hydroxylation is 1. The second kappa shape index (κ2) is 5.32. The first-order valence-electron chi connectivity index (χ1n) is 7.28. The van der Waals surface area contributed by atoms with E-state index >= 15 is 0 Å². The Hall–Kier alpha value is -0.380. The van der Waals surface area contributed by atoms with Crippen LogP contribution in [0.2, 0.25) is 0 Å². The average molecular weight is 264 g/mol. The van der Waals surface area contributed by atoms with Gasteiger partial charge in [-0.25, -0.2) is 0 Å². The van der Waals surface area contributed by atoms with Gasteiger partial charge in [0.2, 0.25) is 0 Å². The molecule has 2 heterocycles. The molecule has 2 nitrogen and oxygen atoms in total. The number of rotatable bonds is 4. The first-order chi connectivity index (χ1) is 8.74. The van der Waals surface area contributed by atoms with Gasteiger partial charge in [-0.05, 0) is 69.6 Å². The van der Waals surface area contributed by atoms with Crippen LogP contribution in [0.25, 0.3) is 0 Å². The molecule has 3 rings (SSSR count). The Labute approximate surface area is 114 Å². The van der Waals surface area contributed by atoms with Gasteiger partial charge >= 0.3 is 0 Å². The van der Waals surface area contributed by atoms with Crippen molar-refractivity contribution in [3.63, 3.8) is 0 Å². The van der Waals surface area contributed by atoms with Crippen molar-refractivity contribution in [2.45, 2.75) is 57.7 Å². The van der Waals surface area contributed by atoms with Crippen molar-refractivity contribution in [2.75, 3.05) is 13.1 Å². The number of nitrogens with one attached hydrogen (secondary N) is 1. The predicted octanol–water partition coefficient (Wildman–Crippen LogP) is 3.33. The number of nitrogens with zero attached hydrogens (tertiary/aromatic N) is 1. The largest absolute Gasteiger partial charge is 0.307 e. The molecule has 1 atom stereocenters. The summed E-state index contributed by atoms with van der Waals surface area (Å²) in [6.45, 7) is 7.14. The van der Waals surface area contributed by atoms with Crippen molar-refractivity contribution in [3.05, 3.63) is 21.9 Å². The maximum atomic E-state index is 3.83. The molecule has 0 bridgehead atoms. The highest BCUT2D eigenvalue weighted by atomic mass is 32.1. The molecule has 100 valence electrons. The summed E-state index contributed by atoms with van der Waals surface area (Å²) in [7, 11) is 0. The van der Waals surface area contributed by atoms with E-state index in [0.717, 1.165) is 12.1 Å². The van der Waals surface area contributed by atoms with Crippen LogP contribution in [-0.2, 0) is 0 Å². The molecule has 1 saturated heterocycles. The summed E-state index contributed by atoms with van der Waals surface area (Å²) in [5.74, 6) is 0. The third-order valence-electron chi connectivity index (χ3n) is 4.37. The van der Waals surface area contributed by atoms with Crippen LogP contribution in [0.5, 0.6) is 0 Å². The van der Waals surface area contributed by atoms with Crippen LogP contribution >= 0.6 is 11.3 Å². The number of thiophene rings is 1. The van der Waals surface area contributed by atoms with Gasteiger partial charge in [0.15, 0.2) is 0 Å². The second-order valence-electron chi connectivity index (χ2n) is 5.90. The van der Waals surface area contributed by atoms with Gasteiger partial charge in [-0.15, -0.1) is 11.3 Å². The van der Waals surface area contributed by atoms with Crippen molar-refractivity contribution < 1.29 is 0 Å². The lowest BCUT2D eigenvalue weighted by molar-refractivity contribution is 0.184. The fraction of sp³-hybridized carbons (Fsp3) is 0.733. The van der Waals surface area contributed by atoms with Crippen molar-refractivity contribution >= 4 is 11.3 Å². The van der Waals surface area contributed by atoms with Gasteiger partial charge in [0.25, 0.3) is 0 Å². The zero-order chi connectivity index (χ0) is 12.5. The number of hydrogen-bond acceptors (Lipinski definition) is 3. The third kappa shape index (κ3) is 2.79. The van der Waals surface area contributed by atoms with Crippen LogP contribution in [0.3, 0.4) is 0 Å². The Morgan fingerprint density at radius 3 is 2.56 bits per heavy atom. The van der Waals surface area contributed by atoms with Gasteiger partial charge in [-0.3, -0.25) is 0 Å². The Bertz CT molecular complexity index is 389. The van der Waals surface area contributed by atoms with Crippen LogP contribution in [0, 0.1) is 6.92 Å². The number of likely N-dealkylation sites (tertiary alicyclic amines) is 1. The van der Waals surface area contributed by atoms with E-state index in [1.54, 1.807) is 0 Å². The van der Waals surface area contributed by atoms with E-state index in [1.165, 1.54) is 49.2 Å². The topological polar surface area (TPSA) is 15.3 Å². The molecule has 0 amide bonds. The highest BCUT2D eigenvalue weighted by Crippen LogP contribution is 2.30.